The van der Waals surface area contributed by atoms with E-state index in [1.165, 1.54) is 5.56 Å². The van der Waals surface area contributed by atoms with Crippen LogP contribution in [0, 0.1) is 13.8 Å². The molecule has 0 aliphatic carbocycles. The standard InChI is InChI=1S/C12H11ClN2/c1-8-3-4-14-10(5-8)11-6-9(2)7-12(13)15-11/h3-7H,1-2H3. The van der Waals surface area contributed by atoms with Crippen molar-refractivity contribution in [1.29, 1.82) is 0 Å². The summed E-state index contributed by atoms with van der Waals surface area (Å²) in [6.07, 6.45) is 1.78. The van der Waals surface area contributed by atoms with Gasteiger partial charge >= 0.3 is 0 Å². The van der Waals surface area contributed by atoms with Crippen LogP contribution in [-0.4, -0.2) is 9.97 Å². The Morgan fingerprint density at radius 2 is 1.73 bits per heavy atom. The summed E-state index contributed by atoms with van der Waals surface area (Å²) in [4.78, 5) is 8.52. The van der Waals surface area contributed by atoms with Crippen LogP contribution >= 0.6 is 11.6 Å². The van der Waals surface area contributed by atoms with E-state index in [4.69, 9.17) is 11.6 Å². The van der Waals surface area contributed by atoms with E-state index >= 15 is 0 Å². The number of nitrogens with zero attached hydrogens (tertiary/aromatic N) is 2. The van der Waals surface area contributed by atoms with Gasteiger partial charge in [-0.2, -0.15) is 0 Å². The molecule has 0 saturated heterocycles. The zero-order valence-corrected chi connectivity index (χ0v) is 9.42. The third-order valence-corrected chi connectivity index (χ3v) is 2.31. The first-order chi connectivity index (χ1) is 7.15. The highest BCUT2D eigenvalue weighted by Crippen LogP contribution is 2.19. The van der Waals surface area contributed by atoms with Crippen LogP contribution in [-0.2, 0) is 0 Å². The van der Waals surface area contributed by atoms with E-state index in [1.54, 1.807) is 6.20 Å². The maximum atomic E-state index is 5.90. The van der Waals surface area contributed by atoms with E-state index in [1.807, 2.05) is 38.1 Å². The van der Waals surface area contributed by atoms with Crippen molar-refractivity contribution < 1.29 is 0 Å². The summed E-state index contributed by atoms with van der Waals surface area (Å²) in [5.74, 6) is 0. The summed E-state index contributed by atoms with van der Waals surface area (Å²) in [5.41, 5.74) is 3.94. The number of hydrogen-bond donors (Lipinski definition) is 0. The van der Waals surface area contributed by atoms with Gasteiger partial charge in [0.2, 0.25) is 0 Å². The fraction of sp³-hybridized carbons (Fsp3) is 0.167. The number of pyridine rings is 2. The van der Waals surface area contributed by atoms with Gasteiger partial charge in [0.1, 0.15) is 5.15 Å². The number of rotatable bonds is 1. The Hall–Kier alpha value is -1.41. The Balaban J connectivity index is 2.54. The molecular formula is C12H11ClN2. The minimum Gasteiger partial charge on any atom is -0.255 e. The molecule has 76 valence electrons. The van der Waals surface area contributed by atoms with Crippen molar-refractivity contribution in [1.82, 2.24) is 9.97 Å². The summed E-state index contributed by atoms with van der Waals surface area (Å²) in [6, 6.07) is 7.77. The molecule has 0 spiro atoms. The van der Waals surface area contributed by atoms with E-state index in [9.17, 15) is 0 Å². The van der Waals surface area contributed by atoms with Crippen LogP contribution in [0.3, 0.4) is 0 Å². The summed E-state index contributed by atoms with van der Waals surface area (Å²) >= 11 is 5.90. The van der Waals surface area contributed by atoms with E-state index in [0.29, 0.717) is 5.15 Å². The van der Waals surface area contributed by atoms with Gasteiger partial charge in [0.25, 0.3) is 0 Å². The van der Waals surface area contributed by atoms with Crippen LogP contribution in [0.25, 0.3) is 11.4 Å². The van der Waals surface area contributed by atoms with Gasteiger partial charge in [0.05, 0.1) is 11.4 Å². The Bertz CT molecular complexity index is 474. The van der Waals surface area contributed by atoms with Crippen molar-refractivity contribution in [2.75, 3.05) is 0 Å². The second kappa shape index (κ2) is 3.99. The Morgan fingerprint density at radius 3 is 2.40 bits per heavy atom. The molecule has 0 atom stereocenters. The molecule has 0 radical (unpaired) electrons. The predicted octanol–water partition coefficient (Wildman–Crippen LogP) is 3.41. The largest absolute Gasteiger partial charge is 0.255 e. The normalized spacial score (nSPS) is 10.3. The number of aryl methyl sites for hydroxylation is 2. The second-order valence-electron chi connectivity index (χ2n) is 3.57. The molecule has 2 heterocycles. The predicted molar refractivity (Wildman–Crippen MR) is 62.0 cm³/mol. The molecule has 0 bridgehead atoms. The molecule has 0 fully saturated rings. The first-order valence-electron chi connectivity index (χ1n) is 4.72. The smallest absolute Gasteiger partial charge is 0.130 e. The van der Waals surface area contributed by atoms with Crippen LogP contribution in [0.15, 0.2) is 30.5 Å². The zero-order valence-electron chi connectivity index (χ0n) is 8.66. The minimum absolute atomic E-state index is 0.508. The second-order valence-corrected chi connectivity index (χ2v) is 3.96. The molecule has 3 heteroatoms. The monoisotopic (exact) mass is 218 g/mol. The maximum absolute atomic E-state index is 5.90. The summed E-state index contributed by atoms with van der Waals surface area (Å²) in [5, 5.41) is 0.508. The van der Waals surface area contributed by atoms with Gasteiger partial charge in [0.15, 0.2) is 0 Å². The van der Waals surface area contributed by atoms with Crippen molar-refractivity contribution in [3.8, 4) is 11.4 Å². The average Bonchev–Trinajstić information content (AvgIpc) is 2.16. The lowest BCUT2D eigenvalue weighted by Crippen LogP contribution is -1.89. The fourth-order valence-electron chi connectivity index (χ4n) is 1.43. The van der Waals surface area contributed by atoms with E-state index in [0.717, 1.165) is 17.0 Å². The van der Waals surface area contributed by atoms with Crippen molar-refractivity contribution in [3.63, 3.8) is 0 Å². The first-order valence-corrected chi connectivity index (χ1v) is 5.10. The SMILES string of the molecule is Cc1ccnc(-c2cc(C)cc(Cl)n2)c1. The molecule has 2 aromatic heterocycles. The summed E-state index contributed by atoms with van der Waals surface area (Å²) < 4.78 is 0. The van der Waals surface area contributed by atoms with Gasteiger partial charge in [-0.15, -0.1) is 0 Å². The molecule has 2 nitrogen and oxygen atoms in total. The molecular weight excluding hydrogens is 208 g/mol. The van der Waals surface area contributed by atoms with Crippen molar-refractivity contribution in [2.45, 2.75) is 13.8 Å². The Morgan fingerprint density at radius 1 is 1.00 bits per heavy atom. The number of halogens is 1. The average molecular weight is 219 g/mol. The zero-order chi connectivity index (χ0) is 10.8. The van der Waals surface area contributed by atoms with Gasteiger partial charge in [-0.05, 0) is 49.2 Å². The van der Waals surface area contributed by atoms with Crippen molar-refractivity contribution >= 4 is 11.6 Å². The van der Waals surface area contributed by atoms with Crippen LogP contribution < -0.4 is 0 Å². The van der Waals surface area contributed by atoms with Gasteiger partial charge < -0.3 is 0 Å². The lowest BCUT2D eigenvalue weighted by molar-refractivity contribution is 1.21. The van der Waals surface area contributed by atoms with E-state index in [-0.39, 0.29) is 0 Å². The van der Waals surface area contributed by atoms with Crippen LogP contribution in [0.2, 0.25) is 5.15 Å². The maximum Gasteiger partial charge on any atom is 0.130 e. The van der Waals surface area contributed by atoms with Crippen LogP contribution in [0.5, 0.6) is 0 Å². The third kappa shape index (κ3) is 2.34. The molecule has 0 amide bonds. The highest BCUT2D eigenvalue weighted by Gasteiger charge is 2.03. The van der Waals surface area contributed by atoms with Crippen LogP contribution in [0.4, 0.5) is 0 Å². The quantitative estimate of drug-likeness (QED) is 0.686. The molecule has 15 heavy (non-hydrogen) atoms. The lowest BCUT2D eigenvalue weighted by Gasteiger charge is -2.03. The lowest BCUT2D eigenvalue weighted by atomic mass is 10.1. The van der Waals surface area contributed by atoms with E-state index in [2.05, 4.69) is 9.97 Å². The number of hydrogen-bond acceptors (Lipinski definition) is 2. The van der Waals surface area contributed by atoms with Gasteiger partial charge in [0, 0.05) is 6.20 Å². The Labute approximate surface area is 94.0 Å². The number of aromatic nitrogens is 2. The topological polar surface area (TPSA) is 25.8 Å². The van der Waals surface area contributed by atoms with Crippen molar-refractivity contribution in [3.05, 3.63) is 46.7 Å². The Kier molecular flexibility index (Phi) is 2.69. The van der Waals surface area contributed by atoms with Crippen molar-refractivity contribution in [2.24, 2.45) is 0 Å². The van der Waals surface area contributed by atoms with Gasteiger partial charge in [-0.1, -0.05) is 11.6 Å². The molecule has 0 N–H and O–H groups in total. The third-order valence-electron chi connectivity index (χ3n) is 2.12. The summed E-state index contributed by atoms with van der Waals surface area (Å²) in [6.45, 7) is 4.02. The summed E-state index contributed by atoms with van der Waals surface area (Å²) in [7, 11) is 0. The molecule has 0 saturated carbocycles. The molecule has 2 aromatic rings. The molecule has 2 rings (SSSR count). The van der Waals surface area contributed by atoms with Gasteiger partial charge in [-0.25, -0.2) is 4.98 Å². The minimum atomic E-state index is 0.508. The highest BCUT2D eigenvalue weighted by molar-refractivity contribution is 6.29. The van der Waals surface area contributed by atoms with Crippen LogP contribution in [0.1, 0.15) is 11.1 Å². The van der Waals surface area contributed by atoms with Gasteiger partial charge in [-0.3, -0.25) is 4.98 Å². The molecule has 0 aliphatic rings. The molecule has 0 aliphatic heterocycles. The van der Waals surface area contributed by atoms with E-state index < -0.39 is 0 Å². The highest BCUT2D eigenvalue weighted by atomic mass is 35.5. The molecule has 0 unspecified atom stereocenters. The fourth-order valence-corrected chi connectivity index (χ4v) is 1.70. The molecule has 0 aromatic carbocycles. The first kappa shape index (κ1) is 10.1.